The number of hydrogen-bond acceptors (Lipinski definition) is 6. The molecule has 124 valence electrons. The van der Waals surface area contributed by atoms with Crippen LogP contribution < -0.4 is 5.32 Å². The third-order valence-electron chi connectivity index (χ3n) is 3.85. The van der Waals surface area contributed by atoms with Gasteiger partial charge in [0.2, 0.25) is 0 Å². The zero-order valence-corrected chi connectivity index (χ0v) is 13.8. The molecule has 0 radical (unpaired) electrons. The first kappa shape index (κ1) is 15.2. The van der Waals surface area contributed by atoms with Crippen molar-refractivity contribution >= 4 is 11.5 Å². The van der Waals surface area contributed by atoms with Crippen molar-refractivity contribution in [2.45, 2.75) is 19.9 Å². The molecular weight excluding hydrogens is 314 g/mol. The van der Waals surface area contributed by atoms with E-state index in [0.717, 1.165) is 35.0 Å². The van der Waals surface area contributed by atoms with Crippen molar-refractivity contribution < 1.29 is 0 Å². The van der Waals surface area contributed by atoms with Crippen LogP contribution in [-0.4, -0.2) is 29.5 Å². The van der Waals surface area contributed by atoms with Gasteiger partial charge in [-0.05, 0) is 24.6 Å². The van der Waals surface area contributed by atoms with Crippen LogP contribution in [0.2, 0.25) is 0 Å². The Morgan fingerprint density at radius 2 is 1.96 bits per heavy atom. The highest BCUT2D eigenvalue weighted by Crippen LogP contribution is 2.17. The fourth-order valence-electron chi connectivity index (χ4n) is 2.58. The van der Waals surface area contributed by atoms with Crippen molar-refractivity contribution in [2.75, 3.05) is 5.32 Å². The Balaban J connectivity index is 1.63. The Hall–Kier alpha value is -3.35. The normalized spacial score (nSPS) is 10.9. The number of hydrogen-bond donors (Lipinski definition) is 1. The fraction of sp³-hybridized carbons (Fsp3) is 0.167. The molecule has 7 nitrogen and oxygen atoms in total. The predicted octanol–water partition coefficient (Wildman–Crippen LogP) is 2.76. The van der Waals surface area contributed by atoms with Crippen LogP contribution >= 0.6 is 0 Å². The van der Waals surface area contributed by atoms with E-state index in [4.69, 9.17) is 0 Å². The van der Waals surface area contributed by atoms with Crippen molar-refractivity contribution in [2.24, 2.45) is 0 Å². The molecule has 4 heterocycles. The molecule has 0 fully saturated rings. The highest BCUT2D eigenvalue weighted by atomic mass is 15.3. The SMILES string of the molecule is CCc1cc(NCc2ccnc3ccnn23)nc(-c2ccccn2)n1. The number of anilines is 1. The van der Waals surface area contributed by atoms with E-state index in [0.29, 0.717) is 12.4 Å². The van der Waals surface area contributed by atoms with Crippen molar-refractivity contribution in [3.8, 4) is 11.5 Å². The summed E-state index contributed by atoms with van der Waals surface area (Å²) in [4.78, 5) is 17.8. The van der Waals surface area contributed by atoms with Crippen molar-refractivity contribution in [3.05, 3.63) is 66.4 Å². The minimum Gasteiger partial charge on any atom is -0.364 e. The van der Waals surface area contributed by atoms with Gasteiger partial charge in [0.05, 0.1) is 18.4 Å². The number of nitrogens with one attached hydrogen (secondary N) is 1. The Kier molecular flexibility index (Phi) is 4.04. The summed E-state index contributed by atoms with van der Waals surface area (Å²) in [5, 5.41) is 7.66. The summed E-state index contributed by atoms with van der Waals surface area (Å²) in [6, 6.07) is 11.5. The molecule has 0 aliphatic rings. The van der Waals surface area contributed by atoms with E-state index in [1.165, 1.54) is 0 Å². The summed E-state index contributed by atoms with van der Waals surface area (Å²) in [6.45, 7) is 2.66. The third kappa shape index (κ3) is 3.16. The minimum atomic E-state index is 0.586. The lowest BCUT2D eigenvalue weighted by atomic mass is 10.2. The molecule has 4 rings (SSSR count). The lowest BCUT2D eigenvalue weighted by Gasteiger charge is -2.10. The Bertz CT molecular complexity index is 995. The quantitative estimate of drug-likeness (QED) is 0.605. The highest BCUT2D eigenvalue weighted by Gasteiger charge is 2.08. The van der Waals surface area contributed by atoms with E-state index in [2.05, 4.69) is 37.3 Å². The second-order valence-electron chi connectivity index (χ2n) is 5.53. The number of nitrogens with zero attached hydrogens (tertiary/aromatic N) is 6. The topological polar surface area (TPSA) is 80.9 Å². The van der Waals surface area contributed by atoms with E-state index in [1.54, 1.807) is 18.6 Å². The lowest BCUT2D eigenvalue weighted by Crippen LogP contribution is -2.09. The number of pyridine rings is 1. The molecule has 0 saturated heterocycles. The molecule has 4 aromatic heterocycles. The molecule has 0 aromatic carbocycles. The average molecular weight is 331 g/mol. The van der Waals surface area contributed by atoms with Gasteiger partial charge >= 0.3 is 0 Å². The van der Waals surface area contributed by atoms with E-state index in [9.17, 15) is 0 Å². The maximum atomic E-state index is 4.60. The molecule has 0 aliphatic carbocycles. The smallest absolute Gasteiger partial charge is 0.180 e. The standard InChI is InChI=1S/C18H17N7/c1-2-13-11-16(24-18(23-13)15-5-3-4-8-19-15)21-12-14-6-9-20-17-7-10-22-25(14)17/h3-11H,2,12H2,1H3,(H,21,23,24). The fourth-order valence-corrected chi connectivity index (χ4v) is 2.58. The van der Waals surface area contributed by atoms with Crippen LogP contribution in [0.15, 0.2) is 55.0 Å². The van der Waals surface area contributed by atoms with E-state index in [1.807, 2.05) is 40.9 Å². The van der Waals surface area contributed by atoms with Gasteiger partial charge in [0, 0.05) is 30.2 Å². The zero-order chi connectivity index (χ0) is 17.1. The summed E-state index contributed by atoms with van der Waals surface area (Å²) in [5.74, 6) is 1.39. The Labute approximate surface area is 144 Å². The molecule has 7 heteroatoms. The summed E-state index contributed by atoms with van der Waals surface area (Å²) in [7, 11) is 0. The molecule has 0 aliphatic heterocycles. The number of rotatable bonds is 5. The first-order chi connectivity index (χ1) is 12.3. The molecule has 0 saturated carbocycles. The maximum absolute atomic E-state index is 4.60. The largest absolute Gasteiger partial charge is 0.364 e. The van der Waals surface area contributed by atoms with Crippen molar-refractivity contribution in [3.63, 3.8) is 0 Å². The molecule has 0 unspecified atom stereocenters. The van der Waals surface area contributed by atoms with Gasteiger partial charge in [-0.2, -0.15) is 5.10 Å². The lowest BCUT2D eigenvalue weighted by molar-refractivity contribution is 0.850. The van der Waals surface area contributed by atoms with Crippen LogP contribution in [0.3, 0.4) is 0 Å². The summed E-state index contributed by atoms with van der Waals surface area (Å²) < 4.78 is 1.81. The number of aryl methyl sites for hydroxylation is 1. The molecule has 0 bridgehead atoms. The predicted molar refractivity (Wildman–Crippen MR) is 95.0 cm³/mol. The van der Waals surface area contributed by atoms with Gasteiger partial charge in [-0.1, -0.05) is 13.0 Å². The molecule has 1 N–H and O–H groups in total. The van der Waals surface area contributed by atoms with Crippen LogP contribution in [0.1, 0.15) is 18.3 Å². The molecule has 0 amide bonds. The van der Waals surface area contributed by atoms with Crippen LogP contribution in [0.4, 0.5) is 5.82 Å². The Morgan fingerprint density at radius 1 is 1.00 bits per heavy atom. The van der Waals surface area contributed by atoms with E-state index in [-0.39, 0.29) is 0 Å². The van der Waals surface area contributed by atoms with Gasteiger partial charge in [-0.3, -0.25) is 4.98 Å². The first-order valence-corrected chi connectivity index (χ1v) is 8.14. The summed E-state index contributed by atoms with van der Waals surface area (Å²) >= 11 is 0. The molecule has 4 aromatic rings. The second kappa shape index (κ2) is 6.64. The second-order valence-corrected chi connectivity index (χ2v) is 5.53. The summed E-state index contributed by atoms with van der Waals surface area (Å²) in [5.41, 5.74) is 3.56. The van der Waals surface area contributed by atoms with Crippen LogP contribution in [0.25, 0.3) is 17.2 Å². The average Bonchev–Trinajstić information content (AvgIpc) is 3.16. The third-order valence-corrected chi connectivity index (χ3v) is 3.85. The molecule has 0 spiro atoms. The first-order valence-electron chi connectivity index (χ1n) is 8.14. The highest BCUT2D eigenvalue weighted by molar-refractivity contribution is 5.53. The van der Waals surface area contributed by atoms with Gasteiger partial charge in [-0.25, -0.2) is 19.5 Å². The monoisotopic (exact) mass is 331 g/mol. The zero-order valence-electron chi connectivity index (χ0n) is 13.8. The van der Waals surface area contributed by atoms with Gasteiger partial charge in [0.1, 0.15) is 11.5 Å². The number of fused-ring (bicyclic) bond motifs is 1. The van der Waals surface area contributed by atoms with Gasteiger partial charge < -0.3 is 5.32 Å². The molecule has 25 heavy (non-hydrogen) atoms. The van der Waals surface area contributed by atoms with E-state index < -0.39 is 0 Å². The van der Waals surface area contributed by atoms with E-state index >= 15 is 0 Å². The van der Waals surface area contributed by atoms with Crippen molar-refractivity contribution in [1.82, 2.24) is 29.5 Å². The minimum absolute atomic E-state index is 0.586. The summed E-state index contributed by atoms with van der Waals surface area (Å²) in [6.07, 6.45) is 6.10. The van der Waals surface area contributed by atoms with Crippen LogP contribution in [0, 0.1) is 0 Å². The van der Waals surface area contributed by atoms with Gasteiger partial charge in [0.25, 0.3) is 0 Å². The van der Waals surface area contributed by atoms with Crippen LogP contribution in [0.5, 0.6) is 0 Å². The molecule has 0 atom stereocenters. The molecular formula is C18H17N7. The maximum Gasteiger partial charge on any atom is 0.180 e. The Morgan fingerprint density at radius 3 is 2.80 bits per heavy atom. The van der Waals surface area contributed by atoms with Crippen LogP contribution in [-0.2, 0) is 13.0 Å². The van der Waals surface area contributed by atoms with Gasteiger partial charge in [-0.15, -0.1) is 0 Å². The van der Waals surface area contributed by atoms with Crippen molar-refractivity contribution in [1.29, 1.82) is 0 Å². The number of aromatic nitrogens is 6. The van der Waals surface area contributed by atoms with Gasteiger partial charge in [0.15, 0.2) is 11.5 Å².